The first-order valence-electron chi connectivity index (χ1n) is 12.2. The first kappa shape index (κ1) is 26.2. The van der Waals surface area contributed by atoms with Crippen molar-refractivity contribution in [3.05, 3.63) is 12.4 Å². The van der Waals surface area contributed by atoms with Crippen LogP contribution in [0.3, 0.4) is 0 Å². The molecule has 0 aromatic rings. The lowest BCUT2D eigenvalue weighted by molar-refractivity contribution is -0.116. The summed E-state index contributed by atoms with van der Waals surface area (Å²) < 4.78 is 5.75. The number of aliphatic hydroxyl groups excluding tert-OH is 1. The minimum atomic E-state index is -0.749. The van der Waals surface area contributed by atoms with Gasteiger partial charge in [-0.1, -0.05) is 103 Å². The summed E-state index contributed by atoms with van der Waals surface area (Å²) in [5, 5.41) is 13.0. The van der Waals surface area contributed by atoms with Crippen LogP contribution in [-0.2, 0) is 4.74 Å². The van der Waals surface area contributed by atoms with Gasteiger partial charge in [-0.05, 0) is 13.3 Å². The van der Waals surface area contributed by atoms with E-state index in [0.717, 1.165) is 6.42 Å². The van der Waals surface area contributed by atoms with Crippen LogP contribution < -0.4 is 11.4 Å². The maximum atomic E-state index is 10.2. The number of rotatable bonds is 20. The predicted molar refractivity (Wildman–Crippen MR) is 121 cm³/mol. The molecule has 2 unspecified atom stereocenters. The highest BCUT2D eigenvalue weighted by molar-refractivity contribution is 4.85. The molecule has 172 valence electrons. The Morgan fingerprint density at radius 1 is 0.793 bits per heavy atom. The van der Waals surface area contributed by atoms with Gasteiger partial charge in [0.15, 0.2) is 6.23 Å². The van der Waals surface area contributed by atoms with E-state index in [2.05, 4.69) is 12.5 Å². The van der Waals surface area contributed by atoms with Gasteiger partial charge in [0.2, 0.25) is 0 Å². The molecule has 0 bridgehead atoms. The first-order chi connectivity index (χ1) is 14.1. The zero-order valence-corrected chi connectivity index (χ0v) is 19.2. The summed E-state index contributed by atoms with van der Waals surface area (Å²) in [6.45, 7) is 4.86. The van der Waals surface area contributed by atoms with Gasteiger partial charge in [0.1, 0.15) is 6.10 Å². The van der Waals surface area contributed by atoms with Crippen LogP contribution in [-0.4, -0.2) is 34.2 Å². The van der Waals surface area contributed by atoms with Gasteiger partial charge in [-0.2, -0.15) is 0 Å². The molecule has 0 amide bonds. The molecule has 1 aliphatic heterocycles. The molecule has 1 rings (SSSR count). The standard InChI is InChI=1S/C23H48N4O2/c1-3-4-5-6-7-8-9-10-11-12-13-14-15-16-17-18-21-29-22(2)23(28)26-19-20-27(24)25-26/h19-20,22-23,25,28H,3-18,21,24H2,1-2H3. The second kappa shape index (κ2) is 18.0. The maximum absolute atomic E-state index is 10.2. The third-order valence-electron chi connectivity index (χ3n) is 5.70. The van der Waals surface area contributed by atoms with Gasteiger partial charge in [0.05, 0.1) is 6.20 Å². The van der Waals surface area contributed by atoms with Crippen molar-refractivity contribution >= 4 is 0 Å². The van der Waals surface area contributed by atoms with E-state index in [-0.39, 0.29) is 6.10 Å². The van der Waals surface area contributed by atoms with Crippen LogP contribution >= 0.6 is 0 Å². The molecule has 6 nitrogen and oxygen atoms in total. The Hall–Kier alpha value is -0.820. The summed E-state index contributed by atoms with van der Waals surface area (Å²) in [5.74, 6) is 5.55. The lowest BCUT2D eigenvalue weighted by atomic mass is 10.0. The van der Waals surface area contributed by atoms with Crippen molar-refractivity contribution in [3.8, 4) is 0 Å². The van der Waals surface area contributed by atoms with E-state index in [1.807, 2.05) is 6.92 Å². The number of hydrogen-bond acceptors (Lipinski definition) is 6. The van der Waals surface area contributed by atoms with E-state index < -0.39 is 6.23 Å². The Labute approximate surface area is 179 Å². The van der Waals surface area contributed by atoms with Crippen molar-refractivity contribution in [3.63, 3.8) is 0 Å². The summed E-state index contributed by atoms with van der Waals surface area (Å²) >= 11 is 0. The molecule has 0 saturated carbocycles. The topological polar surface area (TPSA) is 74.0 Å². The number of nitrogens with one attached hydrogen (secondary N) is 1. The summed E-state index contributed by atoms with van der Waals surface area (Å²) in [5.41, 5.74) is 2.80. The van der Waals surface area contributed by atoms with Crippen molar-refractivity contribution < 1.29 is 9.84 Å². The molecule has 0 saturated heterocycles. The van der Waals surface area contributed by atoms with Crippen molar-refractivity contribution in [2.24, 2.45) is 5.84 Å². The molecule has 0 aromatic carbocycles. The third-order valence-corrected chi connectivity index (χ3v) is 5.70. The van der Waals surface area contributed by atoms with Crippen molar-refractivity contribution in [1.29, 1.82) is 0 Å². The van der Waals surface area contributed by atoms with E-state index in [9.17, 15) is 5.11 Å². The molecule has 0 aromatic heterocycles. The molecule has 0 aliphatic carbocycles. The smallest absolute Gasteiger partial charge is 0.168 e. The molecule has 2 atom stereocenters. The molecule has 4 N–H and O–H groups in total. The molecule has 1 heterocycles. The molecular weight excluding hydrogens is 364 g/mol. The first-order valence-corrected chi connectivity index (χ1v) is 12.2. The van der Waals surface area contributed by atoms with Crippen molar-refractivity contribution in [2.45, 2.75) is 129 Å². The van der Waals surface area contributed by atoms with Gasteiger partial charge in [-0.25, -0.2) is 11.0 Å². The van der Waals surface area contributed by atoms with Gasteiger partial charge >= 0.3 is 0 Å². The molecule has 0 spiro atoms. The number of nitrogens with zero attached hydrogens (tertiary/aromatic N) is 2. The minimum Gasteiger partial charge on any atom is -0.374 e. The number of ether oxygens (including phenoxy) is 1. The summed E-state index contributed by atoms with van der Waals surface area (Å²) in [6.07, 6.45) is 24.2. The maximum Gasteiger partial charge on any atom is 0.168 e. The number of unbranched alkanes of at least 4 members (excludes halogenated alkanes) is 15. The lowest BCUT2D eigenvalue weighted by Crippen LogP contribution is -2.51. The minimum absolute atomic E-state index is 0.269. The summed E-state index contributed by atoms with van der Waals surface area (Å²) in [7, 11) is 0. The molecule has 0 radical (unpaired) electrons. The van der Waals surface area contributed by atoms with Crippen LogP contribution in [0.5, 0.6) is 0 Å². The Morgan fingerprint density at radius 3 is 1.66 bits per heavy atom. The van der Waals surface area contributed by atoms with Crippen LogP contribution in [0.15, 0.2) is 12.4 Å². The van der Waals surface area contributed by atoms with Crippen molar-refractivity contribution in [2.75, 3.05) is 6.61 Å². The monoisotopic (exact) mass is 412 g/mol. The Kier molecular flexibility index (Phi) is 16.3. The number of nitrogens with two attached hydrogens (primary N) is 1. The van der Waals surface area contributed by atoms with Crippen LogP contribution in [0.4, 0.5) is 0 Å². The van der Waals surface area contributed by atoms with E-state index in [4.69, 9.17) is 10.6 Å². The van der Waals surface area contributed by atoms with E-state index in [1.165, 1.54) is 106 Å². The molecule has 29 heavy (non-hydrogen) atoms. The van der Waals surface area contributed by atoms with E-state index in [1.54, 1.807) is 12.4 Å². The average Bonchev–Trinajstić information content (AvgIpc) is 3.15. The second-order valence-corrected chi connectivity index (χ2v) is 8.51. The fraction of sp³-hybridized carbons (Fsp3) is 0.913. The zero-order chi connectivity index (χ0) is 21.2. The van der Waals surface area contributed by atoms with Crippen molar-refractivity contribution in [1.82, 2.24) is 15.7 Å². The van der Waals surface area contributed by atoms with Crippen LogP contribution in [0.25, 0.3) is 0 Å². The summed E-state index contributed by atoms with van der Waals surface area (Å²) in [6, 6.07) is 0. The number of hydrazine groups is 3. The highest BCUT2D eigenvalue weighted by Crippen LogP contribution is 2.14. The van der Waals surface area contributed by atoms with Gasteiger partial charge < -0.3 is 9.84 Å². The van der Waals surface area contributed by atoms with Crippen LogP contribution in [0.1, 0.15) is 117 Å². The van der Waals surface area contributed by atoms with Crippen LogP contribution in [0.2, 0.25) is 0 Å². The third kappa shape index (κ3) is 13.9. The van der Waals surface area contributed by atoms with Crippen LogP contribution in [0, 0.1) is 0 Å². The largest absolute Gasteiger partial charge is 0.374 e. The Bertz CT molecular complexity index is 395. The fourth-order valence-electron chi connectivity index (χ4n) is 3.72. The van der Waals surface area contributed by atoms with Gasteiger partial charge in [-0.15, -0.1) is 5.53 Å². The Morgan fingerprint density at radius 2 is 1.24 bits per heavy atom. The summed E-state index contributed by atoms with van der Waals surface area (Å²) in [4.78, 5) is 0. The molecule has 6 heteroatoms. The number of aliphatic hydroxyl groups is 1. The zero-order valence-electron chi connectivity index (χ0n) is 19.2. The number of hydrogen-bond donors (Lipinski definition) is 3. The Balaban J connectivity index is 1.77. The highest BCUT2D eigenvalue weighted by Gasteiger charge is 2.23. The SMILES string of the molecule is CCCCCCCCCCCCCCCCCCOC(C)C(O)N1C=CN(N)N1. The predicted octanol–water partition coefficient (Wildman–Crippen LogP) is 5.35. The second-order valence-electron chi connectivity index (χ2n) is 8.51. The fourth-order valence-corrected chi connectivity index (χ4v) is 3.72. The lowest BCUT2D eigenvalue weighted by Gasteiger charge is -2.28. The van der Waals surface area contributed by atoms with E-state index >= 15 is 0 Å². The van der Waals surface area contributed by atoms with Gasteiger partial charge in [-0.3, -0.25) is 5.01 Å². The van der Waals surface area contributed by atoms with E-state index in [0.29, 0.717) is 6.61 Å². The van der Waals surface area contributed by atoms with Gasteiger partial charge in [0.25, 0.3) is 0 Å². The normalized spacial score (nSPS) is 16.0. The molecular formula is C23H48N4O2. The van der Waals surface area contributed by atoms with Gasteiger partial charge in [0, 0.05) is 12.8 Å². The molecule has 1 aliphatic rings. The molecule has 0 fully saturated rings. The quantitative estimate of drug-likeness (QED) is 0.185. The highest BCUT2D eigenvalue weighted by atomic mass is 16.5. The average molecular weight is 413 g/mol.